The molecule has 334 valence electrons. The molecule has 2 saturated carbocycles. The Kier molecular flexibility index (Phi) is 9.85. The number of anilines is 2. The maximum absolute atomic E-state index is 11.3. The Morgan fingerprint density at radius 2 is 1.15 bits per heavy atom. The van der Waals surface area contributed by atoms with E-state index in [-0.39, 0.29) is 5.82 Å². The lowest BCUT2D eigenvalue weighted by Gasteiger charge is -2.26. The molecule has 18 nitrogen and oxygen atoms in total. The van der Waals surface area contributed by atoms with Crippen molar-refractivity contribution in [3.63, 3.8) is 0 Å². The molecule has 0 amide bonds. The molecule has 0 bridgehead atoms. The van der Waals surface area contributed by atoms with Crippen molar-refractivity contribution in [2.75, 3.05) is 11.5 Å². The van der Waals surface area contributed by atoms with Gasteiger partial charge in [0.05, 0.1) is 27.4 Å². The highest BCUT2D eigenvalue weighted by Gasteiger charge is 2.64. The fourth-order valence-electron chi connectivity index (χ4n) is 9.99. The van der Waals surface area contributed by atoms with Gasteiger partial charge >= 0.3 is 0 Å². The third-order valence-electron chi connectivity index (χ3n) is 13.5. The van der Waals surface area contributed by atoms with Crippen LogP contribution in [0.25, 0.3) is 43.9 Å². The van der Waals surface area contributed by atoms with Gasteiger partial charge in [-0.3, -0.25) is 0 Å². The number of benzene rings is 2. The Morgan fingerprint density at radius 3 is 1.69 bits per heavy atom. The summed E-state index contributed by atoms with van der Waals surface area (Å²) in [4.78, 5) is 25.8. The quantitative estimate of drug-likeness (QED) is 0.130. The van der Waals surface area contributed by atoms with Crippen LogP contribution in [0.15, 0.2) is 91.8 Å². The second kappa shape index (κ2) is 15.4. The number of aryl methyl sites for hydroxylation is 2. The SMILES string of the molecule is Cc1ncnc2c1ccn2[C@@H]1O[C@@H]2[C@@H](Oc3ccc4cc(Cl)c(N)nc4c3)CC[C@]2(O)[C@H]1O.Cc1ncnc2c1ccn2[C@@H]1O[C@@H]2[C@@H](Oc3ccc4ccc(N)nc4c3)CC[C@]2(O)[C@H]1O. The zero-order valence-electron chi connectivity index (χ0n) is 35.1. The summed E-state index contributed by atoms with van der Waals surface area (Å²) in [5.41, 5.74) is 13.2. The largest absolute Gasteiger partial charge is 0.488 e. The summed E-state index contributed by atoms with van der Waals surface area (Å²) < 4.78 is 28.4. The van der Waals surface area contributed by atoms with Crippen molar-refractivity contribution >= 4 is 67.1 Å². The van der Waals surface area contributed by atoms with E-state index in [9.17, 15) is 20.4 Å². The molecule has 4 fully saturated rings. The van der Waals surface area contributed by atoms with Gasteiger partial charge < -0.3 is 60.0 Å². The Labute approximate surface area is 375 Å². The molecular formula is C46H45ClN10O8. The van der Waals surface area contributed by atoms with E-state index in [1.54, 1.807) is 39.7 Å². The average Bonchev–Trinajstić information content (AvgIpc) is 4.13. The van der Waals surface area contributed by atoms with Crippen LogP contribution < -0.4 is 20.9 Å². The van der Waals surface area contributed by atoms with Gasteiger partial charge in [0.25, 0.3) is 0 Å². The molecular weight excluding hydrogens is 856 g/mol. The van der Waals surface area contributed by atoms with Crippen LogP contribution in [0.2, 0.25) is 5.02 Å². The number of aliphatic hydroxyl groups is 4. The van der Waals surface area contributed by atoms with Crippen molar-refractivity contribution in [1.82, 2.24) is 39.0 Å². The highest BCUT2D eigenvalue weighted by atomic mass is 35.5. The van der Waals surface area contributed by atoms with Crippen LogP contribution >= 0.6 is 11.6 Å². The van der Waals surface area contributed by atoms with Gasteiger partial charge in [-0.2, -0.15) is 0 Å². The monoisotopic (exact) mass is 900 g/mol. The van der Waals surface area contributed by atoms with Crippen LogP contribution in [0.1, 0.15) is 49.5 Å². The number of halogens is 1. The minimum Gasteiger partial charge on any atom is -0.488 e. The van der Waals surface area contributed by atoms with E-state index in [1.165, 1.54) is 12.7 Å². The topological polar surface area (TPSA) is 257 Å². The van der Waals surface area contributed by atoms with Crippen LogP contribution in [0.4, 0.5) is 11.6 Å². The first-order chi connectivity index (χ1) is 31.3. The summed E-state index contributed by atoms with van der Waals surface area (Å²) in [5.74, 6) is 1.87. The van der Waals surface area contributed by atoms with Crippen molar-refractivity contribution in [2.45, 2.75) is 99.8 Å². The molecule has 0 unspecified atom stereocenters. The summed E-state index contributed by atoms with van der Waals surface area (Å²) >= 11 is 6.06. The molecule has 0 radical (unpaired) electrons. The van der Waals surface area contributed by atoms with Crippen LogP contribution in [0.5, 0.6) is 11.5 Å². The number of nitrogens with zero attached hydrogens (tertiary/aromatic N) is 8. The van der Waals surface area contributed by atoms with Gasteiger partial charge in [0.2, 0.25) is 0 Å². The summed E-state index contributed by atoms with van der Waals surface area (Å²) in [7, 11) is 0. The Morgan fingerprint density at radius 1 is 0.662 bits per heavy atom. The van der Waals surface area contributed by atoms with E-state index < -0.39 is 60.3 Å². The van der Waals surface area contributed by atoms with Crippen molar-refractivity contribution in [3.05, 3.63) is 108 Å². The molecule has 2 aromatic carbocycles. The van der Waals surface area contributed by atoms with Gasteiger partial charge in [-0.1, -0.05) is 11.6 Å². The molecule has 0 spiro atoms. The van der Waals surface area contributed by atoms with Gasteiger partial charge in [-0.15, -0.1) is 0 Å². The summed E-state index contributed by atoms with van der Waals surface area (Å²) in [6, 6.07) is 20.2. The maximum atomic E-state index is 11.3. The second-order valence-corrected chi connectivity index (χ2v) is 17.7. The lowest BCUT2D eigenvalue weighted by Crippen LogP contribution is -2.47. The van der Waals surface area contributed by atoms with Crippen molar-refractivity contribution < 1.29 is 39.4 Å². The van der Waals surface area contributed by atoms with E-state index in [0.29, 0.717) is 64.8 Å². The zero-order valence-corrected chi connectivity index (χ0v) is 35.9. The smallest absolute Gasteiger partial charge is 0.164 e. The fourth-order valence-corrected chi connectivity index (χ4v) is 10.2. The predicted octanol–water partition coefficient (Wildman–Crippen LogP) is 4.86. The molecule has 65 heavy (non-hydrogen) atoms. The zero-order chi connectivity index (χ0) is 44.9. The summed E-state index contributed by atoms with van der Waals surface area (Å²) in [6.07, 6.45) is 2.27. The van der Waals surface area contributed by atoms with Gasteiger partial charge in [0, 0.05) is 46.1 Å². The Balaban J connectivity index is 0.000000144. The van der Waals surface area contributed by atoms with E-state index in [0.717, 1.165) is 38.4 Å². The normalized spacial score (nSPS) is 29.3. The molecule has 2 saturated heterocycles. The third kappa shape index (κ3) is 6.78. The fraction of sp³-hybridized carbons (Fsp3) is 0.348. The van der Waals surface area contributed by atoms with Crippen LogP contribution in [0.3, 0.4) is 0 Å². The number of hydrogen-bond acceptors (Lipinski definition) is 16. The number of aliphatic hydroxyl groups excluding tert-OH is 2. The number of nitrogen functional groups attached to an aromatic ring is 2. The standard InChI is InChI=1S/C23H22ClN5O4.C23H23N5O4/c1-11-14-5-7-29(21(14)27-10-26-11)22-18(30)23(31)6-4-17(19(23)33-22)32-13-3-2-12-8-15(24)20(25)28-16(12)9-13;1-12-15-7-9-28(21(15)26-11-25-12)22-19(29)23(30)8-6-17(20(23)32-22)31-14-4-2-13-3-5-18(24)27-16(13)10-14/h2-3,5,7-10,17-19,22,30-31H,4,6H2,1H3,(H2,25,28);2-5,7,9-11,17,19-20,22,29-30H,6,8H2,1H3,(H2,24,27)/t17-,18-,19+,22+,23-;17-,19-,20+,22+,23-/m00/s1. The van der Waals surface area contributed by atoms with Crippen LogP contribution in [-0.4, -0.2) is 107 Å². The number of hydrogen-bond donors (Lipinski definition) is 6. The molecule has 12 rings (SSSR count). The first-order valence-corrected chi connectivity index (χ1v) is 21.7. The lowest BCUT2D eigenvalue weighted by atomic mass is 9.94. The number of nitrogens with two attached hydrogens (primary N) is 2. The Bertz CT molecular complexity index is 3150. The first kappa shape index (κ1) is 41.5. The van der Waals surface area contributed by atoms with E-state index >= 15 is 0 Å². The molecule has 19 heteroatoms. The minimum absolute atomic E-state index is 0.250. The van der Waals surface area contributed by atoms with Crippen LogP contribution in [0, 0.1) is 13.8 Å². The van der Waals surface area contributed by atoms with Crippen LogP contribution in [-0.2, 0) is 9.47 Å². The highest BCUT2D eigenvalue weighted by Crippen LogP contribution is 2.50. The van der Waals surface area contributed by atoms with E-state index in [2.05, 4.69) is 29.9 Å². The average molecular weight is 901 g/mol. The molecule has 8 aromatic rings. The van der Waals surface area contributed by atoms with Gasteiger partial charge in [-0.05, 0) is 94.1 Å². The van der Waals surface area contributed by atoms with Crippen molar-refractivity contribution in [2.24, 2.45) is 0 Å². The summed E-state index contributed by atoms with van der Waals surface area (Å²) in [5, 5.41) is 48.7. The molecule has 10 atom stereocenters. The molecule has 2 aliphatic carbocycles. The minimum atomic E-state index is -1.43. The lowest BCUT2D eigenvalue weighted by molar-refractivity contribution is -0.0792. The highest BCUT2D eigenvalue weighted by molar-refractivity contribution is 6.33. The summed E-state index contributed by atoms with van der Waals surface area (Å²) in [6.45, 7) is 3.80. The number of rotatable bonds is 6. The molecule has 2 aliphatic heterocycles. The number of fused-ring (bicyclic) bond motifs is 6. The molecule has 8 heterocycles. The first-order valence-electron chi connectivity index (χ1n) is 21.3. The maximum Gasteiger partial charge on any atom is 0.164 e. The Hall–Kier alpha value is -6.25. The van der Waals surface area contributed by atoms with Gasteiger partial charge in [0.1, 0.15) is 94.9 Å². The third-order valence-corrected chi connectivity index (χ3v) is 13.8. The predicted molar refractivity (Wildman–Crippen MR) is 239 cm³/mol. The second-order valence-electron chi connectivity index (χ2n) is 17.3. The number of pyridine rings is 2. The van der Waals surface area contributed by atoms with E-state index in [1.807, 2.05) is 62.4 Å². The van der Waals surface area contributed by atoms with Crippen molar-refractivity contribution in [1.29, 1.82) is 0 Å². The van der Waals surface area contributed by atoms with E-state index in [4.69, 9.17) is 42.0 Å². The molecule has 8 N–H and O–H groups in total. The van der Waals surface area contributed by atoms with Crippen molar-refractivity contribution in [3.8, 4) is 11.5 Å². The molecule has 6 aromatic heterocycles. The van der Waals surface area contributed by atoms with Gasteiger partial charge in [0.15, 0.2) is 12.5 Å². The molecule has 4 aliphatic rings. The number of aromatic nitrogens is 8. The van der Waals surface area contributed by atoms with Gasteiger partial charge in [-0.25, -0.2) is 29.9 Å². The number of ether oxygens (including phenoxy) is 4.